The van der Waals surface area contributed by atoms with Crippen LogP contribution in [-0.2, 0) is 4.79 Å². The first kappa shape index (κ1) is 16.1. The van der Waals surface area contributed by atoms with Crippen LogP contribution in [-0.4, -0.2) is 16.8 Å². The number of hydrogen-bond donors (Lipinski definition) is 1. The third-order valence-electron chi connectivity index (χ3n) is 3.38. The summed E-state index contributed by atoms with van der Waals surface area (Å²) in [6, 6.07) is 6.52. The zero-order valence-electron chi connectivity index (χ0n) is 12.3. The molecule has 0 heterocycles. The number of rotatable bonds is 7. The third-order valence-corrected chi connectivity index (χ3v) is 4.62. The summed E-state index contributed by atoms with van der Waals surface area (Å²) in [4.78, 5) is 12.3. The Hall–Kier alpha value is -0.960. The Bertz CT molecular complexity index is 438. The highest BCUT2D eigenvalue weighted by molar-refractivity contribution is 7.99. The smallest absolute Gasteiger partial charge is 0.309 e. The minimum absolute atomic E-state index is 0.593. The highest BCUT2D eigenvalue weighted by atomic mass is 32.2. The molecule has 106 valence electrons. The van der Waals surface area contributed by atoms with Crippen LogP contribution in [0.25, 0.3) is 0 Å². The molecule has 0 aromatic heterocycles. The Morgan fingerprint density at radius 2 is 1.95 bits per heavy atom. The van der Waals surface area contributed by atoms with Crippen LogP contribution >= 0.6 is 11.8 Å². The SMILES string of the molecule is Cc1ccc(C)c(SCCCCC(C)(C)C(=O)O)c1. The van der Waals surface area contributed by atoms with E-state index in [1.807, 2.05) is 11.8 Å². The van der Waals surface area contributed by atoms with Crippen molar-refractivity contribution in [2.24, 2.45) is 5.41 Å². The van der Waals surface area contributed by atoms with Crippen molar-refractivity contribution < 1.29 is 9.90 Å². The molecule has 0 aliphatic carbocycles. The highest BCUT2D eigenvalue weighted by Gasteiger charge is 2.25. The van der Waals surface area contributed by atoms with E-state index in [1.54, 1.807) is 13.8 Å². The second-order valence-corrected chi connectivity index (χ2v) is 6.90. The normalized spacial score (nSPS) is 11.6. The molecule has 0 bridgehead atoms. The van der Waals surface area contributed by atoms with E-state index >= 15 is 0 Å². The van der Waals surface area contributed by atoms with Gasteiger partial charge in [-0.05, 0) is 57.9 Å². The zero-order valence-corrected chi connectivity index (χ0v) is 13.1. The molecule has 0 saturated heterocycles. The Morgan fingerprint density at radius 3 is 2.58 bits per heavy atom. The minimum Gasteiger partial charge on any atom is -0.481 e. The van der Waals surface area contributed by atoms with Gasteiger partial charge >= 0.3 is 5.97 Å². The molecule has 1 aromatic carbocycles. The van der Waals surface area contributed by atoms with E-state index in [1.165, 1.54) is 16.0 Å². The number of unbranched alkanes of at least 4 members (excludes halogenated alkanes) is 1. The van der Waals surface area contributed by atoms with Gasteiger partial charge in [0.2, 0.25) is 0 Å². The van der Waals surface area contributed by atoms with E-state index in [0.29, 0.717) is 0 Å². The maximum absolute atomic E-state index is 11.0. The molecule has 0 fully saturated rings. The van der Waals surface area contributed by atoms with Crippen LogP contribution in [0.15, 0.2) is 23.1 Å². The quantitative estimate of drug-likeness (QED) is 0.582. The number of aliphatic carboxylic acids is 1. The van der Waals surface area contributed by atoms with Gasteiger partial charge in [-0.3, -0.25) is 4.79 Å². The van der Waals surface area contributed by atoms with Gasteiger partial charge in [-0.1, -0.05) is 24.1 Å². The molecule has 0 unspecified atom stereocenters. The topological polar surface area (TPSA) is 37.3 Å². The maximum atomic E-state index is 11.0. The number of aryl methyl sites for hydroxylation is 2. The van der Waals surface area contributed by atoms with Crippen LogP contribution in [0, 0.1) is 19.3 Å². The highest BCUT2D eigenvalue weighted by Crippen LogP contribution is 2.27. The second kappa shape index (κ2) is 6.99. The fraction of sp³-hybridized carbons (Fsp3) is 0.562. The van der Waals surface area contributed by atoms with Crippen molar-refractivity contribution in [3.05, 3.63) is 29.3 Å². The largest absolute Gasteiger partial charge is 0.481 e. The lowest BCUT2D eigenvalue weighted by Gasteiger charge is -2.18. The first-order valence-electron chi connectivity index (χ1n) is 6.76. The Labute approximate surface area is 120 Å². The van der Waals surface area contributed by atoms with Gasteiger partial charge in [-0.15, -0.1) is 11.8 Å². The Kier molecular flexibility index (Phi) is 5.92. The number of thioether (sulfide) groups is 1. The molecule has 0 spiro atoms. The number of carbonyl (C=O) groups is 1. The summed E-state index contributed by atoms with van der Waals surface area (Å²) in [6.07, 6.45) is 2.78. The van der Waals surface area contributed by atoms with Gasteiger partial charge in [0.15, 0.2) is 0 Å². The summed E-state index contributed by atoms with van der Waals surface area (Å²) in [7, 11) is 0. The average molecular weight is 280 g/mol. The van der Waals surface area contributed by atoms with Gasteiger partial charge in [-0.25, -0.2) is 0 Å². The van der Waals surface area contributed by atoms with Gasteiger partial charge in [0.1, 0.15) is 0 Å². The molecule has 0 aliphatic rings. The monoisotopic (exact) mass is 280 g/mol. The van der Waals surface area contributed by atoms with Crippen LogP contribution in [0.4, 0.5) is 0 Å². The summed E-state index contributed by atoms with van der Waals surface area (Å²) in [5, 5.41) is 9.04. The Morgan fingerprint density at radius 1 is 1.26 bits per heavy atom. The van der Waals surface area contributed by atoms with Crippen molar-refractivity contribution in [3.63, 3.8) is 0 Å². The Balaban J connectivity index is 2.32. The molecule has 0 atom stereocenters. The third kappa shape index (κ3) is 5.27. The second-order valence-electron chi connectivity index (χ2n) is 5.76. The van der Waals surface area contributed by atoms with Gasteiger partial charge in [0, 0.05) is 4.90 Å². The van der Waals surface area contributed by atoms with Crippen LogP contribution in [0.5, 0.6) is 0 Å². The number of carboxylic acid groups (broad SMARTS) is 1. The first-order chi connectivity index (χ1) is 8.83. The van der Waals surface area contributed by atoms with E-state index in [0.717, 1.165) is 25.0 Å². The molecule has 0 aliphatic heterocycles. The van der Waals surface area contributed by atoms with Gasteiger partial charge in [0.25, 0.3) is 0 Å². The van der Waals surface area contributed by atoms with Crippen LogP contribution < -0.4 is 0 Å². The minimum atomic E-state index is -0.699. The van der Waals surface area contributed by atoms with Crippen LogP contribution in [0.2, 0.25) is 0 Å². The lowest BCUT2D eigenvalue weighted by molar-refractivity contribution is -0.147. The van der Waals surface area contributed by atoms with E-state index in [4.69, 9.17) is 5.11 Å². The molecule has 2 nitrogen and oxygen atoms in total. The van der Waals surface area contributed by atoms with Crippen molar-refractivity contribution in [2.75, 3.05) is 5.75 Å². The summed E-state index contributed by atoms with van der Waals surface area (Å²) >= 11 is 1.87. The number of hydrogen-bond acceptors (Lipinski definition) is 2. The summed E-state index contributed by atoms with van der Waals surface area (Å²) < 4.78 is 0. The average Bonchev–Trinajstić information content (AvgIpc) is 2.32. The predicted octanol–water partition coefficient (Wildman–Crippen LogP) is 4.68. The number of carboxylic acids is 1. The molecule has 0 saturated carbocycles. The van der Waals surface area contributed by atoms with E-state index in [-0.39, 0.29) is 0 Å². The molecular formula is C16H24O2S. The molecule has 0 amide bonds. The lowest BCUT2D eigenvalue weighted by Crippen LogP contribution is -2.23. The lowest BCUT2D eigenvalue weighted by atomic mass is 9.88. The molecule has 0 radical (unpaired) electrons. The summed E-state index contributed by atoms with van der Waals surface area (Å²) in [5.74, 6) is 0.356. The van der Waals surface area contributed by atoms with Crippen molar-refractivity contribution in [3.8, 4) is 0 Å². The van der Waals surface area contributed by atoms with Gasteiger partial charge in [0.05, 0.1) is 5.41 Å². The molecule has 3 heteroatoms. The van der Waals surface area contributed by atoms with Crippen molar-refractivity contribution >= 4 is 17.7 Å². The van der Waals surface area contributed by atoms with Crippen molar-refractivity contribution in [1.29, 1.82) is 0 Å². The fourth-order valence-corrected chi connectivity index (χ4v) is 2.95. The zero-order chi connectivity index (χ0) is 14.5. The molecule has 1 N–H and O–H groups in total. The van der Waals surface area contributed by atoms with Crippen LogP contribution in [0.1, 0.15) is 44.2 Å². The van der Waals surface area contributed by atoms with E-state index in [2.05, 4.69) is 32.0 Å². The van der Waals surface area contributed by atoms with Crippen molar-refractivity contribution in [2.45, 2.75) is 51.9 Å². The number of benzene rings is 1. The summed E-state index contributed by atoms with van der Waals surface area (Å²) in [5.41, 5.74) is 2.02. The standard InChI is InChI=1S/C16H24O2S/c1-12-7-8-13(2)14(11-12)19-10-6-5-9-16(3,4)15(17)18/h7-8,11H,5-6,9-10H2,1-4H3,(H,17,18). The van der Waals surface area contributed by atoms with Crippen LogP contribution in [0.3, 0.4) is 0 Å². The van der Waals surface area contributed by atoms with Gasteiger partial charge in [-0.2, -0.15) is 0 Å². The van der Waals surface area contributed by atoms with Crippen molar-refractivity contribution in [1.82, 2.24) is 0 Å². The predicted molar refractivity (Wildman–Crippen MR) is 81.9 cm³/mol. The molecular weight excluding hydrogens is 256 g/mol. The molecule has 19 heavy (non-hydrogen) atoms. The van der Waals surface area contributed by atoms with E-state index < -0.39 is 11.4 Å². The van der Waals surface area contributed by atoms with E-state index in [9.17, 15) is 4.79 Å². The van der Waals surface area contributed by atoms with Gasteiger partial charge < -0.3 is 5.11 Å². The fourth-order valence-electron chi connectivity index (χ4n) is 1.82. The molecule has 1 rings (SSSR count). The first-order valence-corrected chi connectivity index (χ1v) is 7.75. The summed E-state index contributed by atoms with van der Waals surface area (Å²) in [6.45, 7) is 7.84. The maximum Gasteiger partial charge on any atom is 0.309 e. The molecule has 1 aromatic rings.